The quantitative estimate of drug-likeness (QED) is 0.205. The highest BCUT2D eigenvalue weighted by Crippen LogP contribution is 2.38. The number of nitrogen functional groups attached to an aromatic ring is 1. The van der Waals surface area contributed by atoms with Gasteiger partial charge in [0.15, 0.2) is 11.6 Å². The van der Waals surface area contributed by atoms with Gasteiger partial charge in [0.1, 0.15) is 11.5 Å². The molecule has 182 valence electrons. The maximum atomic E-state index is 13.9. The highest BCUT2D eigenvalue weighted by molar-refractivity contribution is 8.76. The van der Waals surface area contributed by atoms with Crippen LogP contribution in [0.4, 0.5) is 26.1 Å². The van der Waals surface area contributed by atoms with Crippen molar-refractivity contribution in [3.05, 3.63) is 41.2 Å². The molecular formula is C22H32F2N6OS2. The maximum absolute atomic E-state index is 13.9. The van der Waals surface area contributed by atoms with E-state index in [-0.39, 0.29) is 25.3 Å². The first-order chi connectivity index (χ1) is 15.5. The number of rotatable bonds is 9. The zero-order chi connectivity index (χ0) is 24.2. The SMILES string of the molecule is CC(C)(C)c1nc(N(N)Cc2ccccc2CSSCCO)c(N)c(N2CCC(F)(F)C2)n1. The van der Waals surface area contributed by atoms with E-state index in [2.05, 4.69) is 9.97 Å². The smallest absolute Gasteiger partial charge is 0.266 e. The third-order valence-electron chi connectivity index (χ3n) is 5.25. The van der Waals surface area contributed by atoms with E-state index < -0.39 is 17.9 Å². The fraction of sp³-hybridized carbons (Fsp3) is 0.545. The van der Waals surface area contributed by atoms with E-state index in [0.29, 0.717) is 29.8 Å². The molecule has 1 aliphatic heterocycles. The van der Waals surface area contributed by atoms with Gasteiger partial charge in [-0.2, -0.15) is 0 Å². The number of alkyl halides is 2. The monoisotopic (exact) mass is 498 g/mol. The van der Waals surface area contributed by atoms with Crippen molar-refractivity contribution in [2.75, 3.05) is 41.1 Å². The lowest BCUT2D eigenvalue weighted by atomic mass is 9.95. The number of halogens is 2. The molecule has 0 unspecified atom stereocenters. The van der Waals surface area contributed by atoms with Gasteiger partial charge in [-0.25, -0.2) is 24.6 Å². The van der Waals surface area contributed by atoms with E-state index in [9.17, 15) is 8.78 Å². The molecule has 1 fully saturated rings. The van der Waals surface area contributed by atoms with Crippen LogP contribution in [0.2, 0.25) is 0 Å². The normalized spacial score (nSPS) is 15.8. The van der Waals surface area contributed by atoms with Crippen LogP contribution in [-0.4, -0.2) is 46.4 Å². The molecule has 1 aliphatic rings. The molecule has 7 nitrogen and oxygen atoms in total. The number of nitrogens with zero attached hydrogens (tertiary/aromatic N) is 4. The molecule has 0 saturated carbocycles. The molecule has 0 spiro atoms. The van der Waals surface area contributed by atoms with Crippen molar-refractivity contribution in [1.29, 1.82) is 0 Å². The minimum Gasteiger partial charge on any atom is -0.395 e. The summed E-state index contributed by atoms with van der Waals surface area (Å²) in [5.74, 6) is 6.25. The number of hydrogen-bond acceptors (Lipinski definition) is 9. The van der Waals surface area contributed by atoms with E-state index in [1.807, 2.05) is 45.0 Å². The van der Waals surface area contributed by atoms with Crippen molar-refractivity contribution < 1.29 is 13.9 Å². The Balaban J connectivity index is 1.90. The molecular weight excluding hydrogens is 466 g/mol. The van der Waals surface area contributed by atoms with Crippen molar-refractivity contribution in [3.8, 4) is 0 Å². The largest absolute Gasteiger partial charge is 0.395 e. The van der Waals surface area contributed by atoms with Crippen LogP contribution in [0.15, 0.2) is 24.3 Å². The first kappa shape index (κ1) is 25.8. The van der Waals surface area contributed by atoms with Gasteiger partial charge in [0.2, 0.25) is 0 Å². The molecule has 0 amide bonds. The number of nitrogens with two attached hydrogens (primary N) is 2. The predicted molar refractivity (Wildman–Crippen MR) is 135 cm³/mol. The number of anilines is 3. The van der Waals surface area contributed by atoms with Crippen LogP contribution in [0.1, 0.15) is 44.1 Å². The number of benzene rings is 1. The third-order valence-corrected chi connectivity index (χ3v) is 7.55. The minimum atomic E-state index is -2.77. The summed E-state index contributed by atoms with van der Waals surface area (Å²) >= 11 is 0. The average molecular weight is 499 g/mol. The Morgan fingerprint density at radius 2 is 1.88 bits per heavy atom. The number of hydrazine groups is 1. The van der Waals surface area contributed by atoms with Crippen LogP contribution >= 0.6 is 21.6 Å². The minimum absolute atomic E-state index is 0.143. The summed E-state index contributed by atoms with van der Waals surface area (Å²) < 4.78 is 27.8. The van der Waals surface area contributed by atoms with Crippen molar-refractivity contribution in [3.63, 3.8) is 0 Å². The summed E-state index contributed by atoms with van der Waals surface area (Å²) in [6.45, 7) is 6.12. The lowest BCUT2D eigenvalue weighted by Gasteiger charge is -2.28. The summed E-state index contributed by atoms with van der Waals surface area (Å²) in [5.41, 5.74) is 8.32. The van der Waals surface area contributed by atoms with Crippen LogP contribution in [0.5, 0.6) is 0 Å². The summed E-state index contributed by atoms with van der Waals surface area (Å²) in [6, 6.07) is 7.95. The summed E-state index contributed by atoms with van der Waals surface area (Å²) in [5, 5.41) is 10.4. The van der Waals surface area contributed by atoms with Crippen LogP contribution in [0.25, 0.3) is 0 Å². The third kappa shape index (κ3) is 6.62. The zero-order valence-electron chi connectivity index (χ0n) is 19.2. The fourth-order valence-electron chi connectivity index (χ4n) is 3.47. The fourth-order valence-corrected chi connectivity index (χ4v) is 5.36. The van der Waals surface area contributed by atoms with E-state index in [1.54, 1.807) is 21.6 Å². The lowest BCUT2D eigenvalue weighted by Crippen LogP contribution is -2.35. The number of aromatic nitrogens is 2. The molecule has 0 aliphatic carbocycles. The summed E-state index contributed by atoms with van der Waals surface area (Å²) in [4.78, 5) is 10.7. The molecule has 5 N–H and O–H groups in total. The van der Waals surface area contributed by atoms with Gasteiger partial charge < -0.3 is 15.7 Å². The highest BCUT2D eigenvalue weighted by atomic mass is 33.1. The maximum Gasteiger partial charge on any atom is 0.266 e. The Labute approximate surface area is 201 Å². The first-order valence-electron chi connectivity index (χ1n) is 10.8. The van der Waals surface area contributed by atoms with Crippen LogP contribution < -0.4 is 21.5 Å². The molecule has 1 aromatic heterocycles. The molecule has 33 heavy (non-hydrogen) atoms. The van der Waals surface area contributed by atoms with Gasteiger partial charge in [0.05, 0.1) is 19.7 Å². The van der Waals surface area contributed by atoms with Gasteiger partial charge in [-0.3, -0.25) is 5.01 Å². The zero-order valence-corrected chi connectivity index (χ0v) is 20.9. The Morgan fingerprint density at radius 1 is 1.18 bits per heavy atom. The molecule has 0 atom stereocenters. The molecule has 1 saturated heterocycles. The first-order valence-corrected chi connectivity index (χ1v) is 13.3. The predicted octanol–water partition coefficient (Wildman–Crippen LogP) is 3.96. The van der Waals surface area contributed by atoms with E-state index in [4.69, 9.17) is 16.7 Å². The van der Waals surface area contributed by atoms with Crippen molar-refractivity contribution >= 4 is 38.9 Å². The second-order valence-corrected chi connectivity index (χ2v) is 11.7. The highest BCUT2D eigenvalue weighted by Gasteiger charge is 2.40. The second kappa shape index (κ2) is 10.6. The molecule has 2 heterocycles. The van der Waals surface area contributed by atoms with Crippen LogP contribution in [-0.2, 0) is 17.7 Å². The topological polar surface area (TPSA) is 105 Å². The number of hydrogen-bond donors (Lipinski definition) is 3. The summed E-state index contributed by atoms with van der Waals surface area (Å²) in [6.07, 6.45) is -0.234. The standard InChI is InChI=1S/C22H32F2N6OS2/c1-21(2,3)20-27-18(29-9-8-22(23,24)14-29)17(25)19(28-20)30(26)12-15-6-4-5-7-16(15)13-33-32-11-10-31/h4-7,31H,8-14,25-26H2,1-3H3. The van der Waals surface area contributed by atoms with Crippen molar-refractivity contribution in [2.45, 2.75) is 50.8 Å². The molecule has 11 heteroatoms. The Kier molecular flexibility index (Phi) is 8.31. The second-order valence-electron chi connectivity index (χ2n) is 9.09. The van der Waals surface area contributed by atoms with Crippen molar-refractivity contribution in [2.24, 2.45) is 5.84 Å². The number of aliphatic hydroxyl groups is 1. The molecule has 0 bridgehead atoms. The average Bonchev–Trinajstić information content (AvgIpc) is 3.11. The van der Waals surface area contributed by atoms with Gasteiger partial charge in [-0.05, 0) is 11.1 Å². The van der Waals surface area contributed by atoms with Gasteiger partial charge in [-0.1, -0.05) is 66.6 Å². The Morgan fingerprint density at radius 3 is 2.48 bits per heavy atom. The summed E-state index contributed by atoms with van der Waals surface area (Å²) in [7, 11) is 3.27. The van der Waals surface area contributed by atoms with Gasteiger partial charge in [-0.15, -0.1) is 0 Å². The van der Waals surface area contributed by atoms with E-state index in [1.165, 1.54) is 9.91 Å². The van der Waals surface area contributed by atoms with Crippen molar-refractivity contribution in [1.82, 2.24) is 9.97 Å². The van der Waals surface area contributed by atoms with E-state index in [0.717, 1.165) is 16.9 Å². The number of aliphatic hydroxyl groups excluding tert-OH is 1. The molecule has 1 aromatic carbocycles. The Hall–Kier alpha value is -1.82. The van der Waals surface area contributed by atoms with Crippen LogP contribution in [0, 0.1) is 0 Å². The van der Waals surface area contributed by atoms with E-state index >= 15 is 0 Å². The molecule has 0 radical (unpaired) electrons. The van der Waals surface area contributed by atoms with Crippen LogP contribution in [0.3, 0.4) is 0 Å². The lowest BCUT2D eigenvalue weighted by molar-refractivity contribution is 0.0257. The van der Waals surface area contributed by atoms with Gasteiger partial charge in [0, 0.05) is 29.9 Å². The molecule has 3 rings (SSSR count). The Bertz CT molecular complexity index is 957. The van der Waals surface area contributed by atoms with Gasteiger partial charge in [0.25, 0.3) is 5.92 Å². The molecule has 2 aromatic rings. The van der Waals surface area contributed by atoms with Gasteiger partial charge >= 0.3 is 0 Å².